The SMILES string of the molecule is CSC(=S)OCCC[Si](C)(F)F. The first-order valence-electron chi connectivity index (χ1n) is 3.54. The molecule has 0 aliphatic rings. The summed E-state index contributed by atoms with van der Waals surface area (Å²) >= 11 is 6.04. The van der Waals surface area contributed by atoms with Crippen LogP contribution in [-0.4, -0.2) is 26.0 Å². The van der Waals surface area contributed by atoms with Crippen molar-refractivity contribution in [3.63, 3.8) is 0 Å². The van der Waals surface area contributed by atoms with E-state index >= 15 is 0 Å². The highest BCUT2D eigenvalue weighted by Gasteiger charge is 2.26. The maximum absolute atomic E-state index is 12.4. The molecule has 0 bridgehead atoms. The van der Waals surface area contributed by atoms with Gasteiger partial charge in [0, 0.05) is 6.04 Å². The minimum atomic E-state index is -3.87. The third-order valence-corrected chi connectivity index (χ3v) is 3.45. The number of hydrogen-bond donors (Lipinski definition) is 0. The van der Waals surface area contributed by atoms with Crippen molar-refractivity contribution >= 4 is 37.1 Å². The zero-order chi connectivity index (χ0) is 9.61. The smallest absolute Gasteiger partial charge is 0.422 e. The van der Waals surface area contributed by atoms with E-state index in [2.05, 4.69) is 0 Å². The molecule has 1 nitrogen and oxygen atoms in total. The second-order valence-corrected chi connectivity index (χ2v) is 6.53. The van der Waals surface area contributed by atoms with Gasteiger partial charge in [0.15, 0.2) is 0 Å². The second-order valence-electron chi connectivity index (χ2n) is 2.48. The molecule has 0 saturated carbocycles. The Kier molecular flexibility index (Phi) is 6.03. The van der Waals surface area contributed by atoms with Gasteiger partial charge in [-0.05, 0) is 31.4 Å². The first-order valence-corrected chi connectivity index (χ1v) is 7.64. The van der Waals surface area contributed by atoms with Gasteiger partial charge in [0.25, 0.3) is 0 Å². The third-order valence-electron chi connectivity index (χ3n) is 1.15. The van der Waals surface area contributed by atoms with Crippen molar-refractivity contribution in [1.82, 2.24) is 0 Å². The summed E-state index contributed by atoms with van der Waals surface area (Å²) in [5, 5.41) is 0. The number of rotatable bonds is 4. The molecule has 6 heteroatoms. The maximum atomic E-state index is 12.4. The number of thiocarbonyl (C=S) groups is 1. The average molecular weight is 230 g/mol. The van der Waals surface area contributed by atoms with E-state index in [1.54, 1.807) is 6.26 Å². The van der Waals surface area contributed by atoms with Gasteiger partial charge < -0.3 is 4.74 Å². The fourth-order valence-corrected chi connectivity index (χ4v) is 1.65. The van der Waals surface area contributed by atoms with Crippen LogP contribution in [0.1, 0.15) is 6.42 Å². The molecule has 0 aromatic rings. The predicted molar refractivity (Wildman–Crippen MR) is 55.3 cm³/mol. The minimum Gasteiger partial charge on any atom is -0.479 e. The lowest BCUT2D eigenvalue weighted by Crippen LogP contribution is -2.16. The summed E-state index contributed by atoms with van der Waals surface area (Å²) in [5.41, 5.74) is 0. The first-order chi connectivity index (χ1) is 5.45. The van der Waals surface area contributed by atoms with Gasteiger partial charge in [-0.25, -0.2) is 0 Å². The molecule has 72 valence electrons. The van der Waals surface area contributed by atoms with E-state index in [-0.39, 0.29) is 6.04 Å². The molecule has 0 aromatic carbocycles. The summed E-state index contributed by atoms with van der Waals surface area (Å²) in [5.74, 6) is 0. The fourth-order valence-electron chi connectivity index (χ4n) is 0.597. The highest BCUT2D eigenvalue weighted by atomic mass is 32.2. The van der Waals surface area contributed by atoms with E-state index in [1.165, 1.54) is 11.8 Å². The average Bonchev–Trinajstić information content (AvgIpc) is 1.96. The summed E-state index contributed by atoms with van der Waals surface area (Å²) < 4.78 is 30.1. The second kappa shape index (κ2) is 5.88. The van der Waals surface area contributed by atoms with Crippen molar-refractivity contribution in [3.05, 3.63) is 0 Å². The summed E-state index contributed by atoms with van der Waals surface area (Å²) in [4.78, 5) is 0. The van der Waals surface area contributed by atoms with Gasteiger partial charge in [-0.2, -0.15) is 0 Å². The summed E-state index contributed by atoms with van der Waals surface area (Å²) in [6.07, 6.45) is 2.20. The van der Waals surface area contributed by atoms with Crippen LogP contribution in [0.2, 0.25) is 12.6 Å². The van der Waals surface area contributed by atoms with E-state index in [4.69, 9.17) is 17.0 Å². The Morgan fingerprint density at radius 3 is 2.58 bits per heavy atom. The van der Waals surface area contributed by atoms with Crippen molar-refractivity contribution < 1.29 is 13.0 Å². The van der Waals surface area contributed by atoms with Crippen molar-refractivity contribution in [2.45, 2.75) is 19.0 Å². The van der Waals surface area contributed by atoms with E-state index in [1.807, 2.05) is 0 Å². The molecular formula is C6H12F2OS2Si. The highest BCUT2D eigenvalue weighted by molar-refractivity contribution is 8.22. The highest BCUT2D eigenvalue weighted by Crippen LogP contribution is 2.15. The summed E-state index contributed by atoms with van der Waals surface area (Å²) in [6.45, 7) is 1.36. The van der Waals surface area contributed by atoms with Crippen molar-refractivity contribution in [2.24, 2.45) is 0 Å². The van der Waals surface area contributed by atoms with Crippen molar-refractivity contribution in [3.8, 4) is 0 Å². The lowest BCUT2D eigenvalue weighted by molar-refractivity contribution is 0.318. The Hall–Kier alpha value is 0.317. The number of halogens is 2. The minimum absolute atomic E-state index is 0.00993. The van der Waals surface area contributed by atoms with E-state index in [0.29, 0.717) is 17.4 Å². The largest absolute Gasteiger partial charge is 0.479 e. The van der Waals surface area contributed by atoms with Crippen LogP contribution in [0.3, 0.4) is 0 Å². The molecule has 0 aromatic heterocycles. The molecule has 0 heterocycles. The molecule has 0 spiro atoms. The summed E-state index contributed by atoms with van der Waals surface area (Å²) in [7, 11) is -3.87. The standard InChI is InChI=1S/C6H12F2OS2Si/c1-11-6(10)9-4-3-5-12(2,7)8/h3-5H2,1-2H3. The molecule has 0 radical (unpaired) electrons. The molecule has 0 aliphatic carbocycles. The van der Waals surface area contributed by atoms with Crippen molar-refractivity contribution in [2.75, 3.05) is 12.9 Å². The molecule has 0 saturated heterocycles. The lowest BCUT2D eigenvalue weighted by Gasteiger charge is -2.07. The Balaban J connectivity index is 3.28. The van der Waals surface area contributed by atoms with E-state index < -0.39 is 8.74 Å². The number of ether oxygens (including phenoxy) is 1. The Morgan fingerprint density at radius 2 is 2.17 bits per heavy atom. The molecule has 0 fully saturated rings. The van der Waals surface area contributed by atoms with Gasteiger partial charge in [0.2, 0.25) is 4.38 Å². The summed E-state index contributed by atoms with van der Waals surface area (Å²) in [6, 6.07) is -0.00993. The zero-order valence-corrected chi connectivity index (χ0v) is 9.73. The van der Waals surface area contributed by atoms with Gasteiger partial charge in [-0.3, -0.25) is 8.22 Å². The molecule has 0 aliphatic heterocycles. The van der Waals surface area contributed by atoms with Crippen molar-refractivity contribution in [1.29, 1.82) is 0 Å². The Morgan fingerprint density at radius 1 is 1.58 bits per heavy atom. The molecule has 12 heavy (non-hydrogen) atoms. The monoisotopic (exact) mass is 230 g/mol. The number of hydrogen-bond acceptors (Lipinski definition) is 3. The quantitative estimate of drug-likeness (QED) is 0.318. The van der Waals surface area contributed by atoms with Gasteiger partial charge in [0.05, 0.1) is 6.61 Å². The van der Waals surface area contributed by atoms with Crippen LogP contribution < -0.4 is 0 Å². The molecule has 0 N–H and O–H groups in total. The first kappa shape index (κ1) is 12.3. The molecule has 0 unspecified atom stereocenters. The molecular weight excluding hydrogens is 218 g/mol. The fraction of sp³-hybridized carbons (Fsp3) is 0.833. The van der Waals surface area contributed by atoms with Crippen LogP contribution >= 0.6 is 24.0 Å². The van der Waals surface area contributed by atoms with Crippen LogP contribution in [0.15, 0.2) is 0 Å². The normalized spacial score (nSPS) is 11.3. The van der Waals surface area contributed by atoms with Crippen LogP contribution in [0, 0.1) is 0 Å². The number of thioether (sulfide) groups is 1. The predicted octanol–water partition coefficient (Wildman–Crippen LogP) is 3.05. The Bertz CT molecular complexity index is 149. The maximum Gasteiger partial charge on any atom is 0.422 e. The Labute approximate surface area is 82.2 Å². The van der Waals surface area contributed by atoms with Crippen LogP contribution in [0.5, 0.6) is 0 Å². The van der Waals surface area contributed by atoms with E-state index in [9.17, 15) is 8.22 Å². The van der Waals surface area contributed by atoms with Crippen LogP contribution in [0.4, 0.5) is 8.22 Å². The zero-order valence-electron chi connectivity index (χ0n) is 7.10. The molecule has 0 amide bonds. The van der Waals surface area contributed by atoms with Gasteiger partial charge in [0.1, 0.15) is 0 Å². The van der Waals surface area contributed by atoms with Gasteiger partial charge in [-0.15, -0.1) is 0 Å². The third kappa shape index (κ3) is 8.41. The van der Waals surface area contributed by atoms with Crippen LogP contribution in [-0.2, 0) is 4.74 Å². The molecule has 0 atom stereocenters. The topological polar surface area (TPSA) is 9.23 Å². The van der Waals surface area contributed by atoms with E-state index in [0.717, 1.165) is 6.55 Å². The lowest BCUT2D eigenvalue weighted by atomic mass is 10.5. The van der Waals surface area contributed by atoms with Gasteiger partial charge >= 0.3 is 8.74 Å². The van der Waals surface area contributed by atoms with Gasteiger partial charge in [-0.1, -0.05) is 11.8 Å². The molecule has 0 rings (SSSR count). The van der Waals surface area contributed by atoms with Crippen LogP contribution in [0.25, 0.3) is 0 Å².